The van der Waals surface area contributed by atoms with Gasteiger partial charge in [-0.3, -0.25) is 9.29 Å². The largest absolute Gasteiger partial charge is 0.461 e. The average molecular weight is 434 g/mol. The molecule has 0 bridgehead atoms. The van der Waals surface area contributed by atoms with Gasteiger partial charge in [0.2, 0.25) is 21.8 Å². The van der Waals surface area contributed by atoms with Gasteiger partial charge < -0.3 is 4.42 Å². The first-order chi connectivity index (χ1) is 14.4. The maximum atomic E-state index is 13.0. The molecule has 1 fully saturated rings. The highest BCUT2D eigenvalue weighted by molar-refractivity contribution is 7.93. The number of furan rings is 1. The minimum atomic E-state index is -3.82. The fourth-order valence-corrected chi connectivity index (χ4v) is 4.62. The highest BCUT2D eigenvalue weighted by Gasteiger charge is 2.29. The number of anilines is 1. The summed E-state index contributed by atoms with van der Waals surface area (Å²) in [4.78, 5) is 7.69. The summed E-state index contributed by atoms with van der Waals surface area (Å²) >= 11 is 0. The number of aromatic nitrogens is 5. The number of hydrogen-bond acceptors (Lipinski definition) is 7. The van der Waals surface area contributed by atoms with Crippen LogP contribution in [0.15, 0.2) is 35.2 Å². The van der Waals surface area contributed by atoms with Crippen LogP contribution in [0.25, 0.3) is 11.6 Å². The van der Waals surface area contributed by atoms with Crippen molar-refractivity contribution in [3.8, 4) is 11.6 Å². The van der Waals surface area contributed by atoms with Crippen molar-refractivity contribution in [1.82, 2.24) is 24.7 Å². The van der Waals surface area contributed by atoms with Crippen LogP contribution < -0.4 is 4.72 Å². The standard InChI is InChI=1S/C19H23FN6O3S/c1-13(10-17-21-11-14(20)12-22-17)30(27,28)25-19-24-23-18(16-8-5-9-29-16)26(19)15-6-3-2-4-7-15/h5,8-9,11-13,15H,2-4,6-7,10H2,1H3,(H,24,25)/t13-/m0/s1. The molecule has 1 atom stereocenters. The molecule has 3 aromatic heterocycles. The Balaban J connectivity index is 1.60. The molecule has 1 N–H and O–H groups in total. The Morgan fingerprint density at radius 2 is 1.97 bits per heavy atom. The molecule has 0 unspecified atom stereocenters. The van der Waals surface area contributed by atoms with Crippen LogP contribution >= 0.6 is 0 Å². The van der Waals surface area contributed by atoms with E-state index in [1.165, 1.54) is 0 Å². The summed E-state index contributed by atoms with van der Waals surface area (Å²) in [6.45, 7) is 1.55. The molecule has 0 aromatic carbocycles. The summed E-state index contributed by atoms with van der Waals surface area (Å²) in [6, 6.07) is 3.61. The summed E-state index contributed by atoms with van der Waals surface area (Å²) in [5.41, 5.74) is 0. The summed E-state index contributed by atoms with van der Waals surface area (Å²) in [5, 5.41) is 7.46. The average Bonchev–Trinajstić information content (AvgIpc) is 3.40. The Hall–Kier alpha value is -2.82. The quantitative estimate of drug-likeness (QED) is 0.606. The molecule has 1 aliphatic carbocycles. The fraction of sp³-hybridized carbons (Fsp3) is 0.474. The van der Waals surface area contributed by atoms with Gasteiger partial charge in [0.15, 0.2) is 11.6 Å². The van der Waals surface area contributed by atoms with Gasteiger partial charge in [0.25, 0.3) is 0 Å². The minimum absolute atomic E-state index is 0.0399. The zero-order valence-electron chi connectivity index (χ0n) is 16.5. The van der Waals surface area contributed by atoms with Crippen molar-refractivity contribution in [3.63, 3.8) is 0 Å². The van der Waals surface area contributed by atoms with Crippen molar-refractivity contribution in [3.05, 3.63) is 42.4 Å². The first-order valence-corrected chi connectivity index (χ1v) is 11.5. The van der Waals surface area contributed by atoms with Gasteiger partial charge in [0.1, 0.15) is 5.82 Å². The molecule has 0 radical (unpaired) electrons. The third-order valence-corrected chi connectivity index (χ3v) is 6.98. The third kappa shape index (κ3) is 4.35. The predicted octanol–water partition coefficient (Wildman–Crippen LogP) is 3.35. The van der Waals surface area contributed by atoms with Gasteiger partial charge in [-0.1, -0.05) is 19.3 Å². The molecule has 11 heteroatoms. The summed E-state index contributed by atoms with van der Waals surface area (Å²) < 4.78 is 48.8. The van der Waals surface area contributed by atoms with Crippen molar-refractivity contribution >= 4 is 16.0 Å². The minimum Gasteiger partial charge on any atom is -0.461 e. The molecule has 3 aromatic rings. The van der Waals surface area contributed by atoms with E-state index < -0.39 is 21.1 Å². The van der Waals surface area contributed by atoms with E-state index in [9.17, 15) is 12.8 Å². The monoisotopic (exact) mass is 434 g/mol. The second-order valence-corrected chi connectivity index (χ2v) is 9.56. The van der Waals surface area contributed by atoms with Crippen LogP contribution in [-0.2, 0) is 16.4 Å². The van der Waals surface area contributed by atoms with Crippen molar-refractivity contribution < 1.29 is 17.2 Å². The summed E-state index contributed by atoms with van der Waals surface area (Å²) in [6.07, 6.45) is 8.73. The fourth-order valence-electron chi connectivity index (χ4n) is 3.66. The molecular weight excluding hydrogens is 411 g/mol. The topological polar surface area (TPSA) is 116 Å². The number of rotatable bonds is 7. The Morgan fingerprint density at radius 3 is 2.63 bits per heavy atom. The predicted molar refractivity (Wildman–Crippen MR) is 108 cm³/mol. The van der Waals surface area contributed by atoms with E-state index in [0.29, 0.717) is 11.6 Å². The number of halogens is 1. The normalized spacial score (nSPS) is 16.5. The molecule has 4 rings (SSSR count). The van der Waals surface area contributed by atoms with E-state index in [1.807, 2.05) is 4.57 Å². The Kier molecular flexibility index (Phi) is 5.80. The lowest BCUT2D eigenvalue weighted by molar-refractivity contribution is 0.356. The van der Waals surface area contributed by atoms with Gasteiger partial charge in [-0.2, -0.15) is 0 Å². The molecule has 0 aliphatic heterocycles. The lowest BCUT2D eigenvalue weighted by Crippen LogP contribution is -2.30. The zero-order valence-corrected chi connectivity index (χ0v) is 17.3. The zero-order chi connectivity index (χ0) is 21.1. The van der Waals surface area contributed by atoms with Gasteiger partial charge in [0, 0.05) is 12.5 Å². The van der Waals surface area contributed by atoms with Crippen LogP contribution in [0.3, 0.4) is 0 Å². The van der Waals surface area contributed by atoms with E-state index >= 15 is 0 Å². The van der Waals surface area contributed by atoms with Crippen LogP contribution in [0.1, 0.15) is 50.9 Å². The van der Waals surface area contributed by atoms with Gasteiger partial charge >= 0.3 is 0 Å². The van der Waals surface area contributed by atoms with Crippen LogP contribution in [-0.4, -0.2) is 38.4 Å². The molecule has 30 heavy (non-hydrogen) atoms. The van der Waals surface area contributed by atoms with E-state index in [0.717, 1.165) is 44.5 Å². The van der Waals surface area contributed by atoms with E-state index in [1.54, 1.807) is 25.3 Å². The second kappa shape index (κ2) is 8.50. The van der Waals surface area contributed by atoms with E-state index in [2.05, 4.69) is 24.9 Å². The van der Waals surface area contributed by atoms with Crippen LogP contribution in [0.5, 0.6) is 0 Å². The number of sulfonamides is 1. The maximum Gasteiger partial charge on any atom is 0.238 e. The van der Waals surface area contributed by atoms with Crippen LogP contribution in [0, 0.1) is 5.82 Å². The van der Waals surface area contributed by atoms with Gasteiger partial charge in [0.05, 0.1) is 23.9 Å². The van der Waals surface area contributed by atoms with Crippen LogP contribution in [0.2, 0.25) is 0 Å². The summed E-state index contributed by atoms with van der Waals surface area (Å²) in [7, 11) is -3.82. The summed E-state index contributed by atoms with van der Waals surface area (Å²) in [5.74, 6) is 0.878. The van der Waals surface area contributed by atoms with Crippen molar-refractivity contribution in [1.29, 1.82) is 0 Å². The van der Waals surface area contributed by atoms with E-state index in [4.69, 9.17) is 4.42 Å². The Morgan fingerprint density at radius 1 is 1.23 bits per heavy atom. The highest BCUT2D eigenvalue weighted by atomic mass is 32.2. The van der Waals surface area contributed by atoms with Gasteiger partial charge in [-0.05, 0) is 31.9 Å². The first-order valence-electron chi connectivity index (χ1n) is 9.91. The Labute approximate surface area is 173 Å². The molecule has 1 aliphatic rings. The molecule has 0 spiro atoms. The maximum absolute atomic E-state index is 13.0. The first kappa shape index (κ1) is 20.5. The number of nitrogens with one attached hydrogen (secondary N) is 1. The lowest BCUT2D eigenvalue weighted by Gasteiger charge is -2.25. The van der Waals surface area contributed by atoms with Crippen molar-refractivity contribution in [2.45, 2.75) is 56.7 Å². The molecule has 0 saturated heterocycles. The second-order valence-electron chi connectivity index (χ2n) is 7.47. The SMILES string of the molecule is C[C@@H](Cc1ncc(F)cn1)S(=O)(=O)Nc1nnc(-c2ccco2)n1C1CCCCC1. The molecule has 3 heterocycles. The lowest BCUT2D eigenvalue weighted by atomic mass is 9.95. The number of nitrogens with zero attached hydrogens (tertiary/aromatic N) is 5. The molecule has 160 valence electrons. The van der Waals surface area contributed by atoms with Crippen molar-refractivity contribution in [2.24, 2.45) is 0 Å². The molecule has 9 nitrogen and oxygen atoms in total. The van der Waals surface area contributed by atoms with Crippen molar-refractivity contribution in [2.75, 3.05) is 4.72 Å². The number of hydrogen-bond donors (Lipinski definition) is 1. The molecule has 0 amide bonds. The van der Waals surface area contributed by atoms with Gasteiger partial charge in [-0.25, -0.2) is 22.8 Å². The molecular formula is C19H23FN6O3S. The third-order valence-electron chi connectivity index (χ3n) is 5.28. The van der Waals surface area contributed by atoms with Crippen LogP contribution in [0.4, 0.5) is 10.3 Å². The highest BCUT2D eigenvalue weighted by Crippen LogP contribution is 2.35. The Bertz CT molecular complexity index is 1080. The molecule has 1 saturated carbocycles. The van der Waals surface area contributed by atoms with Gasteiger partial charge in [-0.15, -0.1) is 10.2 Å². The van der Waals surface area contributed by atoms with E-state index in [-0.39, 0.29) is 24.2 Å². The smallest absolute Gasteiger partial charge is 0.238 e.